The molecule has 0 aliphatic heterocycles. The number of pyridine rings is 1. The summed E-state index contributed by atoms with van der Waals surface area (Å²) in [4.78, 5) is 31.5. The zero-order chi connectivity index (χ0) is 16.2. The summed E-state index contributed by atoms with van der Waals surface area (Å²) in [6.07, 6.45) is 3.34. The number of nitrogens with zero attached hydrogens (tertiary/aromatic N) is 2. The molecule has 0 aliphatic carbocycles. The number of fused-ring (bicyclic) bond motifs is 1. The minimum Gasteiger partial charge on any atom is -0.350 e. The number of hydrogen-bond donors (Lipinski definition) is 2. The molecule has 1 aromatic carbocycles. The van der Waals surface area contributed by atoms with Crippen molar-refractivity contribution in [1.29, 1.82) is 0 Å². The van der Waals surface area contributed by atoms with Gasteiger partial charge in [-0.1, -0.05) is 18.2 Å². The van der Waals surface area contributed by atoms with Crippen LogP contribution in [0.3, 0.4) is 0 Å². The third kappa shape index (κ3) is 3.35. The van der Waals surface area contributed by atoms with Crippen LogP contribution in [0.2, 0.25) is 0 Å². The predicted molar refractivity (Wildman–Crippen MR) is 89.5 cm³/mol. The van der Waals surface area contributed by atoms with Crippen LogP contribution in [0.5, 0.6) is 0 Å². The number of carbonyl (C=O) groups is 1. The summed E-state index contributed by atoms with van der Waals surface area (Å²) in [5.41, 5.74) is 1.27. The Kier molecular flexibility index (Phi) is 4.29. The molecule has 0 atom stereocenters. The van der Waals surface area contributed by atoms with Crippen molar-refractivity contribution in [1.82, 2.24) is 19.9 Å². The number of aromatic amines is 1. The van der Waals surface area contributed by atoms with Crippen molar-refractivity contribution < 1.29 is 4.79 Å². The molecule has 0 radical (unpaired) electrons. The van der Waals surface area contributed by atoms with Gasteiger partial charge in [0.15, 0.2) is 4.77 Å². The van der Waals surface area contributed by atoms with Gasteiger partial charge in [-0.3, -0.25) is 19.1 Å². The van der Waals surface area contributed by atoms with Gasteiger partial charge in [0.05, 0.1) is 10.9 Å². The molecule has 3 rings (SSSR count). The average Bonchev–Trinajstić information content (AvgIpc) is 2.58. The summed E-state index contributed by atoms with van der Waals surface area (Å²) < 4.78 is 1.49. The normalized spacial score (nSPS) is 10.6. The summed E-state index contributed by atoms with van der Waals surface area (Å²) in [6, 6.07) is 10.7. The number of amides is 1. The van der Waals surface area contributed by atoms with Gasteiger partial charge in [0, 0.05) is 18.9 Å². The average molecular weight is 326 g/mol. The van der Waals surface area contributed by atoms with E-state index in [0.29, 0.717) is 17.4 Å². The maximum Gasteiger partial charge on any atom is 0.262 e. The van der Waals surface area contributed by atoms with Crippen LogP contribution in [0, 0.1) is 4.77 Å². The van der Waals surface area contributed by atoms with Crippen LogP contribution in [-0.4, -0.2) is 20.4 Å². The first-order valence-electron chi connectivity index (χ1n) is 7.02. The molecule has 0 bridgehead atoms. The number of rotatable bonds is 4. The maximum atomic E-state index is 12.4. The zero-order valence-corrected chi connectivity index (χ0v) is 13.0. The van der Waals surface area contributed by atoms with Gasteiger partial charge < -0.3 is 10.3 Å². The lowest BCUT2D eigenvalue weighted by Crippen LogP contribution is -2.32. The summed E-state index contributed by atoms with van der Waals surface area (Å²) in [7, 11) is 0. The zero-order valence-electron chi connectivity index (χ0n) is 12.2. The van der Waals surface area contributed by atoms with Crippen LogP contribution in [-0.2, 0) is 17.9 Å². The van der Waals surface area contributed by atoms with E-state index in [2.05, 4.69) is 15.3 Å². The fraction of sp³-hybridized carbons (Fsp3) is 0.125. The molecule has 7 heteroatoms. The van der Waals surface area contributed by atoms with Crippen molar-refractivity contribution in [3.8, 4) is 0 Å². The first-order valence-corrected chi connectivity index (χ1v) is 7.43. The summed E-state index contributed by atoms with van der Waals surface area (Å²) in [6.45, 7) is 0.227. The second kappa shape index (κ2) is 6.53. The van der Waals surface area contributed by atoms with Gasteiger partial charge in [-0.2, -0.15) is 0 Å². The molecule has 2 N–H and O–H groups in total. The Balaban J connectivity index is 1.80. The fourth-order valence-electron chi connectivity index (χ4n) is 2.25. The van der Waals surface area contributed by atoms with Crippen molar-refractivity contribution in [3.05, 3.63) is 69.5 Å². The molecule has 1 amide bonds. The highest BCUT2D eigenvalue weighted by Crippen LogP contribution is 2.05. The lowest BCUT2D eigenvalue weighted by molar-refractivity contribution is -0.121. The molecule has 23 heavy (non-hydrogen) atoms. The minimum absolute atomic E-state index is 0.126. The highest BCUT2D eigenvalue weighted by molar-refractivity contribution is 7.71. The molecular formula is C16H14N4O2S. The lowest BCUT2D eigenvalue weighted by Gasteiger charge is -2.09. The number of carbonyl (C=O) groups excluding carboxylic acids is 1. The second-order valence-corrected chi connectivity index (χ2v) is 5.39. The Morgan fingerprint density at radius 2 is 2.09 bits per heavy atom. The number of nitrogens with one attached hydrogen (secondary N) is 2. The molecule has 0 saturated carbocycles. The van der Waals surface area contributed by atoms with E-state index in [9.17, 15) is 9.59 Å². The lowest BCUT2D eigenvalue weighted by atomic mass is 10.2. The van der Waals surface area contributed by atoms with E-state index >= 15 is 0 Å². The van der Waals surface area contributed by atoms with Crippen molar-refractivity contribution >= 4 is 29.0 Å². The monoisotopic (exact) mass is 326 g/mol. The van der Waals surface area contributed by atoms with E-state index in [4.69, 9.17) is 12.2 Å². The highest BCUT2D eigenvalue weighted by Gasteiger charge is 2.09. The topological polar surface area (TPSA) is 79.8 Å². The smallest absolute Gasteiger partial charge is 0.262 e. The van der Waals surface area contributed by atoms with E-state index in [-0.39, 0.29) is 22.8 Å². The van der Waals surface area contributed by atoms with Gasteiger partial charge in [-0.25, -0.2) is 0 Å². The predicted octanol–water partition coefficient (Wildman–Crippen LogP) is 1.77. The largest absolute Gasteiger partial charge is 0.350 e. The van der Waals surface area contributed by atoms with Gasteiger partial charge in [-0.05, 0) is 36.0 Å². The molecule has 0 fully saturated rings. The Labute approximate surface area is 136 Å². The summed E-state index contributed by atoms with van der Waals surface area (Å²) in [5.74, 6) is -0.286. The highest BCUT2D eigenvalue weighted by atomic mass is 32.1. The number of benzene rings is 1. The number of H-pyrrole nitrogens is 1. The van der Waals surface area contributed by atoms with Gasteiger partial charge >= 0.3 is 0 Å². The van der Waals surface area contributed by atoms with Crippen LogP contribution in [0.15, 0.2) is 53.6 Å². The number of aromatic nitrogens is 3. The Bertz CT molecular complexity index is 963. The Morgan fingerprint density at radius 3 is 2.87 bits per heavy atom. The quantitative estimate of drug-likeness (QED) is 0.716. The standard InChI is InChI=1S/C16H14N4O2S/c21-14(18-9-11-4-3-7-17-8-11)10-20-15(22)12-5-1-2-6-13(12)19-16(20)23/h1-8H,9-10H2,(H,18,21)(H,19,23). The van der Waals surface area contributed by atoms with Gasteiger partial charge in [-0.15, -0.1) is 0 Å². The SMILES string of the molecule is O=C(Cn1c(=S)[nH]c2ccccc2c1=O)NCc1cccnc1. The van der Waals surface area contributed by atoms with Crippen LogP contribution >= 0.6 is 12.2 Å². The van der Waals surface area contributed by atoms with Crippen LogP contribution in [0.1, 0.15) is 5.56 Å². The Morgan fingerprint density at radius 1 is 1.26 bits per heavy atom. The Hall–Kier alpha value is -2.80. The summed E-state index contributed by atoms with van der Waals surface area (Å²) in [5, 5.41) is 3.25. The molecule has 2 heterocycles. The van der Waals surface area contributed by atoms with Crippen molar-refractivity contribution in [3.63, 3.8) is 0 Å². The maximum absolute atomic E-state index is 12.4. The van der Waals surface area contributed by atoms with Gasteiger partial charge in [0.1, 0.15) is 6.54 Å². The molecule has 2 aromatic heterocycles. The number of para-hydroxylation sites is 1. The van der Waals surface area contributed by atoms with Crippen LogP contribution in [0.25, 0.3) is 10.9 Å². The van der Waals surface area contributed by atoms with E-state index in [1.807, 2.05) is 12.1 Å². The number of hydrogen-bond acceptors (Lipinski definition) is 4. The van der Waals surface area contributed by atoms with E-state index in [0.717, 1.165) is 5.56 Å². The molecule has 0 unspecified atom stereocenters. The summed E-state index contributed by atoms with van der Waals surface area (Å²) >= 11 is 5.18. The second-order valence-electron chi connectivity index (χ2n) is 5.01. The van der Waals surface area contributed by atoms with Crippen LogP contribution in [0.4, 0.5) is 0 Å². The fourth-order valence-corrected chi connectivity index (χ4v) is 2.50. The van der Waals surface area contributed by atoms with Crippen molar-refractivity contribution in [2.24, 2.45) is 0 Å². The van der Waals surface area contributed by atoms with E-state index < -0.39 is 0 Å². The molecule has 6 nitrogen and oxygen atoms in total. The van der Waals surface area contributed by atoms with Crippen molar-refractivity contribution in [2.75, 3.05) is 0 Å². The molecule has 0 aliphatic rings. The van der Waals surface area contributed by atoms with E-state index in [1.165, 1.54) is 4.57 Å². The van der Waals surface area contributed by atoms with Crippen molar-refractivity contribution in [2.45, 2.75) is 13.1 Å². The first-order chi connectivity index (χ1) is 11.1. The van der Waals surface area contributed by atoms with Gasteiger partial charge in [0.25, 0.3) is 5.56 Å². The molecule has 0 saturated heterocycles. The molecule has 0 spiro atoms. The first kappa shape index (κ1) is 15.1. The van der Waals surface area contributed by atoms with Crippen LogP contribution < -0.4 is 10.9 Å². The third-order valence-corrected chi connectivity index (χ3v) is 3.73. The molecular weight excluding hydrogens is 312 g/mol. The third-order valence-electron chi connectivity index (χ3n) is 3.40. The minimum atomic E-state index is -0.286. The molecule has 116 valence electrons. The van der Waals surface area contributed by atoms with E-state index in [1.54, 1.807) is 36.7 Å². The van der Waals surface area contributed by atoms with Gasteiger partial charge in [0.2, 0.25) is 5.91 Å². The molecule has 3 aromatic rings.